The third-order valence-electron chi connectivity index (χ3n) is 7.20. The summed E-state index contributed by atoms with van der Waals surface area (Å²) in [6.45, 7) is 16.5. The van der Waals surface area contributed by atoms with Crippen molar-refractivity contribution in [3.05, 3.63) is 58.4 Å². The number of carbonyl (C=O) groups is 3. The van der Waals surface area contributed by atoms with Crippen molar-refractivity contribution in [2.45, 2.75) is 79.8 Å². The summed E-state index contributed by atoms with van der Waals surface area (Å²) in [6.07, 6.45) is -1.74. The first-order chi connectivity index (χ1) is 17.5. The van der Waals surface area contributed by atoms with E-state index in [0.29, 0.717) is 23.4 Å². The number of nitrogens with zero attached hydrogens (tertiary/aromatic N) is 2. The monoisotopic (exact) mass is 528 g/mol. The molecule has 0 saturated carbocycles. The highest BCUT2D eigenvalue weighted by atomic mass is 19.3. The largest absolute Gasteiger partial charge is 0.352 e. The number of pyridine rings is 1. The van der Waals surface area contributed by atoms with Crippen LogP contribution in [0.5, 0.6) is 0 Å². The maximum Gasteiger partial charge on any atom is 0.281 e. The number of aromatic nitrogens is 1. The first kappa shape index (κ1) is 29.2. The number of halogens is 2. The van der Waals surface area contributed by atoms with Crippen molar-refractivity contribution < 1.29 is 23.2 Å². The lowest BCUT2D eigenvalue weighted by atomic mass is 9.75. The normalized spacial score (nSPS) is 15.9. The number of nitrogens with one attached hydrogen (secondary N) is 2. The van der Waals surface area contributed by atoms with E-state index in [2.05, 4.69) is 50.2 Å². The molecule has 1 aliphatic heterocycles. The standard InChI is InChI=1S/C29H38F2N4O3/c1-16(2)25(36)33-14-18-11-21(23(24(30)31)32-13-18)26(37)34-19-9-10-22-20(12-19)27(38)35(15-29(22,7)8)17(3)28(4,5)6/h9-13,16-17,24H,14-15H2,1-8H3,(H,33,36)(H,34,37). The lowest BCUT2D eigenvalue weighted by Gasteiger charge is -2.46. The van der Waals surface area contributed by atoms with E-state index in [1.807, 2.05) is 17.9 Å². The van der Waals surface area contributed by atoms with Gasteiger partial charge in [0.15, 0.2) is 0 Å². The fraction of sp³-hybridized carbons (Fsp3) is 0.517. The first-order valence-electron chi connectivity index (χ1n) is 12.8. The van der Waals surface area contributed by atoms with E-state index in [-0.39, 0.29) is 46.7 Å². The molecular weight excluding hydrogens is 490 g/mol. The minimum Gasteiger partial charge on any atom is -0.352 e. The van der Waals surface area contributed by atoms with Gasteiger partial charge in [0.25, 0.3) is 18.2 Å². The summed E-state index contributed by atoms with van der Waals surface area (Å²) in [5, 5.41) is 5.36. The third-order valence-corrected chi connectivity index (χ3v) is 7.20. The number of amides is 3. The van der Waals surface area contributed by atoms with Crippen molar-refractivity contribution >= 4 is 23.4 Å². The Bertz CT molecular complexity index is 1230. The number of fused-ring (bicyclic) bond motifs is 1. The Morgan fingerprint density at radius 1 is 1.13 bits per heavy atom. The second-order valence-corrected chi connectivity index (χ2v) is 12.0. The van der Waals surface area contributed by atoms with Crippen molar-refractivity contribution in [2.75, 3.05) is 11.9 Å². The van der Waals surface area contributed by atoms with Crippen LogP contribution >= 0.6 is 0 Å². The van der Waals surface area contributed by atoms with Gasteiger partial charge in [0.05, 0.1) is 5.56 Å². The maximum absolute atomic E-state index is 13.7. The van der Waals surface area contributed by atoms with Crippen molar-refractivity contribution in [1.29, 1.82) is 0 Å². The molecule has 7 nitrogen and oxygen atoms in total. The summed E-state index contributed by atoms with van der Waals surface area (Å²) < 4.78 is 27.4. The highest BCUT2D eigenvalue weighted by Crippen LogP contribution is 2.38. The molecule has 0 bridgehead atoms. The molecule has 1 aromatic heterocycles. The van der Waals surface area contributed by atoms with Gasteiger partial charge < -0.3 is 15.5 Å². The molecule has 1 aromatic carbocycles. The number of hydrogen-bond acceptors (Lipinski definition) is 4. The Labute approximate surface area is 223 Å². The van der Waals surface area contributed by atoms with Gasteiger partial charge in [-0.3, -0.25) is 19.4 Å². The summed E-state index contributed by atoms with van der Waals surface area (Å²) in [4.78, 5) is 44.2. The molecule has 2 aromatic rings. The van der Waals surface area contributed by atoms with E-state index in [1.165, 1.54) is 12.3 Å². The van der Waals surface area contributed by atoms with Crippen molar-refractivity contribution in [2.24, 2.45) is 11.3 Å². The number of rotatable bonds is 7. The van der Waals surface area contributed by atoms with Gasteiger partial charge in [-0.2, -0.15) is 0 Å². The van der Waals surface area contributed by atoms with Crippen LogP contribution in [0.2, 0.25) is 0 Å². The predicted octanol–water partition coefficient (Wildman–Crippen LogP) is 5.71. The fourth-order valence-electron chi connectivity index (χ4n) is 4.47. The van der Waals surface area contributed by atoms with Gasteiger partial charge in [-0.15, -0.1) is 0 Å². The van der Waals surface area contributed by atoms with Crippen LogP contribution in [0.3, 0.4) is 0 Å². The van der Waals surface area contributed by atoms with Gasteiger partial charge in [0.1, 0.15) is 5.69 Å². The van der Waals surface area contributed by atoms with Crippen molar-refractivity contribution in [3.63, 3.8) is 0 Å². The summed E-state index contributed by atoms with van der Waals surface area (Å²) in [7, 11) is 0. The first-order valence-corrected chi connectivity index (χ1v) is 12.8. The van der Waals surface area contributed by atoms with Crippen molar-refractivity contribution in [1.82, 2.24) is 15.2 Å². The lowest BCUT2D eigenvalue weighted by molar-refractivity contribution is -0.124. The zero-order valence-electron chi connectivity index (χ0n) is 23.4. The van der Waals surface area contributed by atoms with E-state index in [9.17, 15) is 23.2 Å². The summed E-state index contributed by atoms with van der Waals surface area (Å²) in [5.74, 6) is -1.35. The molecule has 9 heteroatoms. The lowest BCUT2D eigenvalue weighted by Crippen LogP contribution is -2.54. The molecule has 1 atom stereocenters. The molecule has 0 saturated heterocycles. The SMILES string of the molecule is CC(C)C(=O)NCc1cnc(C(F)F)c(C(=O)Nc2ccc3c(c2)C(=O)N(C(C)C(C)(C)C)CC3(C)C)c1. The molecule has 38 heavy (non-hydrogen) atoms. The quantitative estimate of drug-likeness (QED) is 0.482. The molecule has 0 fully saturated rings. The average molecular weight is 529 g/mol. The predicted molar refractivity (Wildman–Crippen MR) is 143 cm³/mol. The van der Waals surface area contributed by atoms with Gasteiger partial charge >= 0.3 is 0 Å². The molecule has 0 radical (unpaired) electrons. The van der Waals surface area contributed by atoms with Crippen LogP contribution in [-0.4, -0.2) is 40.2 Å². The minimum absolute atomic E-state index is 0.0285. The summed E-state index contributed by atoms with van der Waals surface area (Å²) in [5.41, 5.74) is 0.707. The second-order valence-electron chi connectivity index (χ2n) is 12.0. The van der Waals surface area contributed by atoms with E-state index in [1.54, 1.807) is 26.0 Å². The van der Waals surface area contributed by atoms with Crippen LogP contribution in [-0.2, 0) is 16.8 Å². The number of carbonyl (C=O) groups excluding carboxylic acids is 3. The summed E-state index contributed by atoms with van der Waals surface area (Å²) >= 11 is 0. The zero-order chi connectivity index (χ0) is 28.6. The van der Waals surface area contributed by atoms with Crippen LogP contribution in [0.15, 0.2) is 30.5 Å². The molecule has 3 amide bonds. The molecule has 3 rings (SSSR count). The van der Waals surface area contributed by atoms with Crippen LogP contribution < -0.4 is 10.6 Å². The number of alkyl halides is 2. The van der Waals surface area contributed by atoms with Crippen LogP contribution in [0.4, 0.5) is 14.5 Å². The van der Waals surface area contributed by atoms with E-state index >= 15 is 0 Å². The van der Waals surface area contributed by atoms with E-state index in [4.69, 9.17) is 0 Å². The second kappa shape index (κ2) is 10.8. The minimum atomic E-state index is -2.96. The Morgan fingerprint density at radius 2 is 1.79 bits per heavy atom. The Hall–Kier alpha value is -3.36. The van der Waals surface area contributed by atoms with Crippen molar-refractivity contribution in [3.8, 4) is 0 Å². The molecule has 1 aliphatic rings. The molecule has 206 valence electrons. The average Bonchev–Trinajstić information content (AvgIpc) is 2.83. The Balaban J connectivity index is 1.92. The number of anilines is 1. The van der Waals surface area contributed by atoms with Gasteiger partial charge in [-0.1, -0.05) is 54.5 Å². The van der Waals surface area contributed by atoms with Crippen LogP contribution in [0.1, 0.15) is 99.4 Å². The van der Waals surface area contributed by atoms with E-state index < -0.39 is 18.0 Å². The molecule has 2 heterocycles. The molecular formula is C29H38F2N4O3. The van der Waals surface area contributed by atoms with Gasteiger partial charge in [0, 0.05) is 47.9 Å². The van der Waals surface area contributed by atoms with Crippen LogP contribution in [0, 0.1) is 11.3 Å². The number of hydrogen-bond donors (Lipinski definition) is 2. The highest BCUT2D eigenvalue weighted by molar-refractivity contribution is 6.06. The topological polar surface area (TPSA) is 91.4 Å². The molecule has 2 N–H and O–H groups in total. The maximum atomic E-state index is 13.7. The zero-order valence-corrected chi connectivity index (χ0v) is 23.4. The number of benzene rings is 1. The fourth-order valence-corrected chi connectivity index (χ4v) is 4.47. The highest BCUT2D eigenvalue weighted by Gasteiger charge is 2.41. The third kappa shape index (κ3) is 6.19. The van der Waals surface area contributed by atoms with Gasteiger partial charge in [-0.25, -0.2) is 8.78 Å². The van der Waals surface area contributed by atoms with Gasteiger partial charge in [-0.05, 0) is 41.7 Å². The van der Waals surface area contributed by atoms with E-state index in [0.717, 1.165) is 5.56 Å². The van der Waals surface area contributed by atoms with Crippen LogP contribution in [0.25, 0.3) is 0 Å². The molecule has 0 spiro atoms. The Morgan fingerprint density at radius 3 is 2.37 bits per heavy atom. The Kier molecular flexibility index (Phi) is 8.29. The summed E-state index contributed by atoms with van der Waals surface area (Å²) in [6, 6.07) is 6.38. The molecule has 1 unspecified atom stereocenters. The van der Waals surface area contributed by atoms with Gasteiger partial charge in [0.2, 0.25) is 5.91 Å². The molecule has 0 aliphatic carbocycles. The smallest absolute Gasteiger partial charge is 0.281 e.